The maximum atomic E-state index is 12.7. The first-order valence-electron chi connectivity index (χ1n) is 7.18. The molecule has 1 aliphatic heterocycles. The van der Waals surface area contributed by atoms with Crippen molar-refractivity contribution in [3.63, 3.8) is 0 Å². The molecule has 3 rings (SSSR count). The second kappa shape index (κ2) is 4.99. The molecule has 0 saturated carbocycles. The average Bonchev–Trinajstić information content (AvgIpc) is 2.45. The van der Waals surface area contributed by atoms with Crippen LogP contribution in [0.15, 0.2) is 47.2 Å². The smallest absolute Gasteiger partial charge is 0.205 e. The van der Waals surface area contributed by atoms with Crippen LogP contribution in [0.5, 0.6) is 0 Å². The highest BCUT2D eigenvalue weighted by Gasteiger charge is 2.43. The molecule has 1 aliphatic carbocycles. The first-order valence-corrected chi connectivity index (χ1v) is 7.18. The third kappa shape index (κ3) is 2.27. The molecule has 2 N–H and O–H groups in total. The van der Waals surface area contributed by atoms with Gasteiger partial charge in [0.1, 0.15) is 17.4 Å². The Labute approximate surface area is 129 Å². The minimum Gasteiger partial charge on any atom is -0.444 e. The number of hydrogen-bond donors (Lipinski definition) is 1. The summed E-state index contributed by atoms with van der Waals surface area (Å²) in [5, 5.41) is 9.44. The van der Waals surface area contributed by atoms with Gasteiger partial charge in [-0.05, 0) is 17.5 Å². The van der Waals surface area contributed by atoms with Crippen molar-refractivity contribution in [1.82, 2.24) is 4.98 Å². The Balaban J connectivity index is 2.18. The lowest BCUT2D eigenvalue weighted by atomic mass is 9.71. The number of nitrogens with zero attached hydrogens (tertiary/aromatic N) is 2. The van der Waals surface area contributed by atoms with E-state index in [-0.39, 0.29) is 22.7 Å². The summed E-state index contributed by atoms with van der Waals surface area (Å²) in [6.07, 6.45) is 2.70. The second-order valence-corrected chi connectivity index (χ2v) is 6.46. The number of carbonyl (C=O) groups is 1. The number of nitriles is 1. The van der Waals surface area contributed by atoms with Gasteiger partial charge in [0.15, 0.2) is 5.78 Å². The molecule has 2 heterocycles. The van der Waals surface area contributed by atoms with Crippen molar-refractivity contribution in [2.45, 2.75) is 32.6 Å². The molecule has 5 heteroatoms. The molecule has 0 unspecified atom stereocenters. The van der Waals surface area contributed by atoms with Crippen LogP contribution in [0.2, 0.25) is 0 Å². The summed E-state index contributed by atoms with van der Waals surface area (Å²) < 4.78 is 5.62. The Morgan fingerprint density at radius 2 is 2.18 bits per heavy atom. The van der Waals surface area contributed by atoms with E-state index in [1.807, 2.05) is 19.9 Å². The van der Waals surface area contributed by atoms with Crippen LogP contribution in [0.1, 0.15) is 38.3 Å². The third-order valence-corrected chi connectivity index (χ3v) is 4.06. The van der Waals surface area contributed by atoms with Crippen molar-refractivity contribution in [1.29, 1.82) is 5.26 Å². The van der Waals surface area contributed by atoms with Gasteiger partial charge in [0.2, 0.25) is 5.88 Å². The first-order chi connectivity index (χ1) is 10.4. The molecule has 0 fully saturated rings. The van der Waals surface area contributed by atoms with E-state index in [1.165, 1.54) is 0 Å². The largest absolute Gasteiger partial charge is 0.444 e. The molecule has 1 aromatic heterocycles. The van der Waals surface area contributed by atoms with Crippen LogP contribution in [0.3, 0.4) is 0 Å². The Morgan fingerprint density at radius 3 is 2.82 bits per heavy atom. The van der Waals surface area contributed by atoms with Gasteiger partial charge in [-0.2, -0.15) is 5.26 Å². The number of carbonyl (C=O) groups excluding carboxylic acids is 1. The molecule has 1 aromatic rings. The van der Waals surface area contributed by atoms with Gasteiger partial charge in [0, 0.05) is 24.6 Å². The Bertz CT molecular complexity index is 739. The predicted molar refractivity (Wildman–Crippen MR) is 79.9 cm³/mol. The number of pyridine rings is 1. The van der Waals surface area contributed by atoms with E-state index in [4.69, 9.17) is 10.5 Å². The minimum absolute atomic E-state index is 0.00199. The summed E-state index contributed by atoms with van der Waals surface area (Å²) in [4.78, 5) is 17.0. The van der Waals surface area contributed by atoms with Gasteiger partial charge >= 0.3 is 0 Å². The SMILES string of the molecule is CC1(C)CC(=O)C2=C(C1)OC(N)=C(C#N)[C@@H]2c1ccccn1. The highest BCUT2D eigenvalue weighted by Crippen LogP contribution is 2.47. The molecular formula is C17H17N3O2. The van der Waals surface area contributed by atoms with Crippen molar-refractivity contribution in [3.05, 3.63) is 52.9 Å². The molecule has 0 saturated heterocycles. The fourth-order valence-electron chi connectivity index (χ4n) is 3.13. The van der Waals surface area contributed by atoms with Gasteiger partial charge in [-0.1, -0.05) is 19.9 Å². The van der Waals surface area contributed by atoms with Gasteiger partial charge in [-0.3, -0.25) is 9.78 Å². The van der Waals surface area contributed by atoms with E-state index in [1.54, 1.807) is 18.3 Å². The number of ether oxygens (including phenoxy) is 1. The fraction of sp³-hybridized carbons (Fsp3) is 0.353. The zero-order chi connectivity index (χ0) is 15.9. The quantitative estimate of drug-likeness (QED) is 0.860. The lowest BCUT2D eigenvalue weighted by Crippen LogP contribution is -2.33. The summed E-state index contributed by atoms with van der Waals surface area (Å²) in [6.45, 7) is 4.04. The maximum absolute atomic E-state index is 12.7. The number of nitrogens with two attached hydrogens (primary N) is 1. The number of rotatable bonds is 1. The summed E-state index contributed by atoms with van der Waals surface area (Å²) in [7, 11) is 0. The lowest BCUT2D eigenvalue weighted by molar-refractivity contribution is -0.119. The molecule has 0 amide bonds. The maximum Gasteiger partial charge on any atom is 0.205 e. The number of hydrogen-bond acceptors (Lipinski definition) is 5. The van der Waals surface area contributed by atoms with Crippen LogP contribution in [0, 0.1) is 16.7 Å². The van der Waals surface area contributed by atoms with Gasteiger partial charge in [-0.15, -0.1) is 0 Å². The number of aromatic nitrogens is 1. The molecule has 0 spiro atoms. The van der Waals surface area contributed by atoms with Crippen LogP contribution in [0.25, 0.3) is 0 Å². The highest BCUT2D eigenvalue weighted by molar-refractivity contribution is 5.99. The molecule has 22 heavy (non-hydrogen) atoms. The topological polar surface area (TPSA) is 89.0 Å². The summed E-state index contributed by atoms with van der Waals surface area (Å²) in [6, 6.07) is 7.51. The first kappa shape index (κ1) is 14.3. The van der Waals surface area contributed by atoms with E-state index >= 15 is 0 Å². The van der Waals surface area contributed by atoms with E-state index in [9.17, 15) is 10.1 Å². The molecular weight excluding hydrogens is 278 g/mol. The van der Waals surface area contributed by atoms with E-state index in [2.05, 4.69) is 11.1 Å². The monoisotopic (exact) mass is 295 g/mol. The standard InChI is InChI=1S/C17H17N3O2/c1-17(2)7-12(21)15-13(8-17)22-16(19)10(9-18)14(15)11-5-3-4-6-20-11/h3-6,14H,7-8,19H2,1-2H3/t14-/m1/s1. The van der Waals surface area contributed by atoms with Crippen molar-refractivity contribution in [2.24, 2.45) is 11.1 Å². The highest BCUT2D eigenvalue weighted by atomic mass is 16.5. The zero-order valence-electron chi connectivity index (χ0n) is 12.6. The molecule has 0 bridgehead atoms. The van der Waals surface area contributed by atoms with Crippen LogP contribution in [-0.2, 0) is 9.53 Å². The second-order valence-electron chi connectivity index (χ2n) is 6.46. The van der Waals surface area contributed by atoms with E-state index in [0.717, 1.165) is 0 Å². The van der Waals surface area contributed by atoms with Crippen molar-refractivity contribution in [2.75, 3.05) is 0 Å². The van der Waals surface area contributed by atoms with Gasteiger partial charge < -0.3 is 10.5 Å². The predicted octanol–water partition coefficient (Wildman–Crippen LogP) is 2.53. The van der Waals surface area contributed by atoms with Crippen LogP contribution < -0.4 is 5.73 Å². The summed E-state index contributed by atoms with van der Waals surface area (Å²) in [5.41, 5.74) is 7.18. The molecule has 5 nitrogen and oxygen atoms in total. The van der Waals surface area contributed by atoms with Crippen LogP contribution in [-0.4, -0.2) is 10.8 Å². The molecule has 1 atom stereocenters. The molecule has 0 aromatic carbocycles. The summed E-state index contributed by atoms with van der Waals surface area (Å²) >= 11 is 0. The van der Waals surface area contributed by atoms with E-state index < -0.39 is 5.92 Å². The third-order valence-electron chi connectivity index (χ3n) is 4.06. The Hall–Kier alpha value is -2.61. The van der Waals surface area contributed by atoms with Gasteiger partial charge in [-0.25, -0.2) is 0 Å². The zero-order valence-corrected chi connectivity index (χ0v) is 12.6. The molecule has 112 valence electrons. The number of ketones is 1. The number of Topliss-reactive ketones (excluding diaryl/α,β-unsaturated/α-hetero) is 1. The van der Waals surface area contributed by atoms with Crippen LogP contribution >= 0.6 is 0 Å². The van der Waals surface area contributed by atoms with E-state index in [0.29, 0.717) is 29.9 Å². The van der Waals surface area contributed by atoms with Crippen molar-refractivity contribution in [3.8, 4) is 6.07 Å². The Kier molecular flexibility index (Phi) is 3.25. The normalized spacial score (nSPS) is 23.7. The molecule has 0 radical (unpaired) electrons. The van der Waals surface area contributed by atoms with Gasteiger partial charge in [0.25, 0.3) is 0 Å². The van der Waals surface area contributed by atoms with Gasteiger partial charge in [0.05, 0.1) is 11.6 Å². The average molecular weight is 295 g/mol. The minimum atomic E-state index is -0.529. The molecule has 2 aliphatic rings. The number of allylic oxidation sites excluding steroid dienone is 3. The Morgan fingerprint density at radius 1 is 1.41 bits per heavy atom. The van der Waals surface area contributed by atoms with Crippen molar-refractivity contribution >= 4 is 5.78 Å². The lowest BCUT2D eigenvalue weighted by Gasteiger charge is -2.36. The fourth-order valence-corrected chi connectivity index (χ4v) is 3.13. The van der Waals surface area contributed by atoms with Crippen molar-refractivity contribution < 1.29 is 9.53 Å². The van der Waals surface area contributed by atoms with Crippen LogP contribution in [0.4, 0.5) is 0 Å². The summed E-state index contributed by atoms with van der Waals surface area (Å²) in [5.74, 6) is 0.122.